The van der Waals surface area contributed by atoms with E-state index in [0.717, 1.165) is 19.5 Å². The Hall–Kier alpha value is -1.58. The monoisotopic (exact) mass is 227 g/mol. The highest BCUT2D eigenvalue weighted by Crippen LogP contribution is 2.28. The first-order valence-corrected chi connectivity index (χ1v) is 6.06. The average Bonchev–Trinajstić information content (AvgIpc) is 2.83. The number of aromatic amines is 1. The molecule has 0 atom stereocenters. The molecule has 0 saturated heterocycles. The summed E-state index contributed by atoms with van der Waals surface area (Å²) in [5.74, 6) is 0. The molecular formula is C14H17N3. The summed E-state index contributed by atoms with van der Waals surface area (Å²) >= 11 is 0. The van der Waals surface area contributed by atoms with Gasteiger partial charge in [-0.15, -0.1) is 0 Å². The Bertz CT molecular complexity index is 553. The minimum atomic E-state index is 0.650. The molecule has 0 fully saturated rings. The van der Waals surface area contributed by atoms with Gasteiger partial charge in [-0.2, -0.15) is 0 Å². The van der Waals surface area contributed by atoms with Crippen molar-refractivity contribution in [3.8, 4) is 0 Å². The molecule has 0 spiro atoms. The Morgan fingerprint density at radius 2 is 2.18 bits per heavy atom. The first-order valence-electron chi connectivity index (χ1n) is 6.06. The molecule has 1 aromatic carbocycles. The van der Waals surface area contributed by atoms with Crippen molar-refractivity contribution in [2.24, 2.45) is 5.73 Å². The molecule has 2 heterocycles. The number of rotatable bonds is 2. The van der Waals surface area contributed by atoms with Gasteiger partial charge in [0.2, 0.25) is 0 Å². The molecule has 3 heteroatoms. The molecular weight excluding hydrogens is 210 g/mol. The van der Waals surface area contributed by atoms with Gasteiger partial charge in [0.1, 0.15) is 0 Å². The van der Waals surface area contributed by atoms with Crippen molar-refractivity contribution in [1.29, 1.82) is 0 Å². The molecule has 3 N–H and O–H groups in total. The summed E-state index contributed by atoms with van der Waals surface area (Å²) in [5.41, 5.74) is 9.64. The molecule has 2 aromatic rings. The van der Waals surface area contributed by atoms with Crippen LogP contribution in [0.5, 0.6) is 0 Å². The normalized spacial score (nSPS) is 17.4. The predicted octanol–water partition coefficient (Wildman–Crippen LogP) is 2.17. The van der Waals surface area contributed by atoms with Crippen molar-refractivity contribution < 1.29 is 0 Å². The zero-order valence-electron chi connectivity index (χ0n) is 9.82. The summed E-state index contributed by atoms with van der Waals surface area (Å²) in [6, 6.07) is 8.45. The molecule has 0 unspecified atom stereocenters. The second kappa shape index (κ2) is 4.35. The smallest absolute Gasteiger partial charge is 0.0460 e. The van der Waals surface area contributed by atoms with Crippen LogP contribution in [-0.4, -0.2) is 29.6 Å². The number of nitrogens with two attached hydrogens (primary N) is 1. The van der Waals surface area contributed by atoms with Gasteiger partial charge >= 0.3 is 0 Å². The van der Waals surface area contributed by atoms with E-state index in [1.54, 1.807) is 0 Å². The number of nitrogens with zero attached hydrogens (tertiary/aromatic N) is 1. The molecule has 0 saturated carbocycles. The molecule has 0 amide bonds. The first kappa shape index (κ1) is 10.6. The molecule has 3 rings (SSSR count). The van der Waals surface area contributed by atoms with Crippen molar-refractivity contribution in [3.63, 3.8) is 0 Å². The fourth-order valence-corrected chi connectivity index (χ4v) is 2.46. The minimum absolute atomic E-state index is 0.650. The van der Waals surface area contributed by atoms with Gasteiger partial charge in [-0.1, -0.05) is 24.3 Å². The van der Waals surface area contributed by atoms with Gasteiger partial charge in [-0.3, -0.25) is 4.90 Å². The topological polar surface area (TPSA) is 45.0 Å². The zero-order valence-corrected chi connectivity index (χ0v) is 9.82. The van der Waals surface area contributed by atoms with E-state index in [2.05, 4.69) is 46.4 Å². The van der Waals surface area contributed by atoms with E-state index in [1.807, 2.05) is 0 Å². The summed E-state index contributed by atoms with van der Waals surface area (Å²) in [5, 5.41) is 1.32. The Labute approximate surface area is 101 Å². The fraction of sp³-hybridized carbons (Fsp3) is 0.286. The number of H-pyrrole nitrogens is 1. The Morgan fingerprint density at radius 1 is 1.29 bits per heavy atom. The number of fused-ring (bicyclic) bond motifs is 1. The first-order chi connectivity index (χ1) is 8.38. The third-order valence-corrected chi connectivity index (χ3v) is 3.49. The van der Waals surface area contributed by atoms with E-state index in [-0.39, 0.29) is 0 Å². The SMILES string of the molecule is NCN1CC=C(c2c[nH]c3ccccc23)CC1. The number of hydrogen-bond acceptors (Lipinski definition) is 2. The van der Waals surface area contributed by atoms with Gasteiger partial charge in [0.25, 0.3) is 0 Å². The Kier molecular flexibility index (Phi) is 2.71. The van der Waals surface area contributed by atoms with E-state index in [1.165, 1.54) is 22.0 Å². The lowest BCUT2D eigenvalue weighted by Crippen LogP contribution is -2.33. The molecule has 17 heavy (non-hydrogen) atoms. The molecule has 1 aliphatic heterocycles. The molecule has 88 valence electrons. The van der Waals surface area contributed by atoms with Crippen LogP contribution in [0.3, 0.4) is 0 Å². The summed E-state index contributed by atoms with van der Waals surface area (Å²) in [6.45, 7) is 2.67. The van der Waals surface area contributed by atoms with Crippen molar-refractivity contribution >= 4 is 16.5 Å². The largest absolute Gasteiger partial charge is 0.361 e. The number of nitrogens with one attached hydrogen (secondary N) is 1. The van der Waals surface area contributed by atoms with Gasteiger partial charge in [0, 0.05) is 42.4 Å². The zero-order chi connectivity index (χ0) is 11.7. The highest BCUT2D eigenvalue weighted by Gasteiger charge is 2.14. The summed E-state index contributed by atoms with van der Waals surface area (Å²) in [7, 11) is 0. The molecule has 0 radical (unpaired) electrons. The van der Waals surface area contributed by atoms with Crippen molar-refractivity contribution in [1.82, 2.24) is 9.88 Å². The molecule has 1 aromatic heterocycles. The van der Waals surface area contributed by atoms with E-state index < -0.39 is 0 Å². The summed E-state index contributed by atoms with van der Waals surface area (Å²) in [6.07, 6.45) is 5.50. The van der Waals surface area contributed by atoms with Crippen LogP contribution in [0.1, 0.15) is 12.0 Å². The molecule has 0 aliphatic carbocycles. The van der Waals surface area contributed by atoms with Crippen LogP contribution in [0.4, 0.5) is 0 Å². The maximum atomic E-state index is 5.65. The van der Waals surface area contributed by atoms with E-state index in [9.17, 15) is 0 Å². The number of aromatic nitrogens is 1. The summed E-state index contributed by atoms with van der Waals surface area (Å²) in [4.78, 5) is 5.58. The number of hydrogen-bond donors (Lipinski definition) is 2. The Balaban J connectivity index is 1.97. The lowest BCUT2D eigenvalue weighted by Gasteiger charge is -2.24. The third-order valence-electron chi connectivity index (χ3n) is 3.49. The standard InChI is InChI=1S/C14H17N3/c15-10-17-7-5-11(6-8-17)13-9-16-14-4-2-1-3-12(13)14/h1-5,9,16H,6-8,10,15H2. The lowest BCUT2D eigenvalue weighted by molar-refractivity contribution is 0.311. The highest BCUT2D eigenvalue weighted by atomic mass is 15.2. The van der Waals surface area contributed by atoms with Crippen molar-refractivity contribution in [2.45, 2.75) is 6.42 Å². The third kappa shape index (κ3) is 1.88. The second-order valence-corrected chi connectivity index (χ2v) is 4.49. The summed E-state index contributed by atoms with van der Waals surface area (Å²) < 4.78 is 0. The number of para-hydroxylation sites is 1. The van der Waals surface area contributed by atoms with Crippen LogP contribution in [0.15, 0.2) is 36.5 Å². The van der Waals surface area contributed by atoms with Crippen molar-refractivity contribution in [3.05, 3.63) is 42.1 Å². The quantitative estimate of drug-likeness (QED) is 0.826. The van der Waals surface area contributed by atoms with Crippen LogP contribution in [0, 0.1) is 0 Å². The number of benzene rings is 1. The van der Waals surface area contributed by atoms with Gasteiger partial charge in [0.05, 0.1) is 0 Å². The van der Waals surface area contributed by atoms with Crippen LogP contribution >= 0.6 is 0 Å². The van der Waals surface area contributed by atoms with Gasteiger partial charge < -0.3 is 10.7 Å². The fourth-order valence-electron chi connectivity index (χ4n) is 2.46. The van der Waals surface area contributed by atoms with Crippen molar-refractivity contribution in [2.75, 3.05) is 19.8 Å². The maximum absolute atomic E-state index is 5.65. The molecule has 3 nitrogen and oxygen atoms in total. The molecule has 1 aliphatic rings. The van der Waals surface area contributed by atoms with Crippen LogP contribution in [0.2, 0.25) is 0 Å². The molecule has 0 bridgehead atoms. The van der Waals surface area contributed by atoms with Gasteiger partial charge in [-0.25, -0.2) is 0 Å². The second-order valence-electron chi connectivity index (χ2n) is 4.49. The maximum Gasteiger partial charge on any atom is 0.0460 e. The average molecular weight is 227 g/mol. The van der Waals surface area contributed by atoms with Gasteiger partial charge in [-0.05, 0) is 18.1 Å². The minimum Gasteiger partial charge on any atom is -0.361 e. The Morgan fingerprint density at radius 3 is 2.94 bits per heavy atom. The van der Waals surface area contributed by atoms with Crippen LogP contribution in [0.25, 0.3) is 16.5 Å². The van der Waals surface area contributed by atoms with E-state index >= 15 is 0 Å². The van der Waals surface area contributed by atoms with E-state index in [4.69, 9.17) is 5.73 Å². The highest BCUT2D eigenvalue weighted by molar-refractivity contribution is 5.92. The van der Waals surface area contributed by atoms with Gasteiger partial charge in [0.15, 0.2) is 0 Å². The predicted molar refractivity (Wildman–Crippen MR) is 71.5 cm³/mol. The lowest BCUT2D eigenvalue weighted by atomic mass is 9.99. The van der Waals surface area contributed by atoms with E-state index in [0.29, 0.717) is 6.67 Å². The van der Waals surface area contributed by atoms with Crippen LogP contribution < -0.4 is 5.73 Å². The van der Waals surface area contributed by atoms with Crippen LogP contribution in [-0.2, 0) is 0 Å².